The molecule has 1 fully saturated rings. The van der Waals surface area contributed by atoms with Crippen molar-refractivity contribution in [2.45, 2.75) is 82.8 Å². The molecule has 3 aromatic rings. The largest absolute Gasteiger partial charge is 0.494 e. The van der Waals surface area contributed by atoms with Crippen LogP contribution >= 0.6 is 0 Å². The van der Waals surface area contributed by atoms with Crippen LogP contribution < -0.4 is 14.4 Å². The zero-order valence-electron chi connectivity index (χ0n) is 25.4. The number of rotatable bonds is 13. The smallest absolute Gasteiger partial charge is 0.264 e. The van der Waals surface area contributed by atoms with Crippen molar-refractivity contribution in [1.29, 1.82) is 0 Å². The second-order valence-electron chi connectivity index (χ2n) is 11.0. The van der Waals surface area contributed by atoms with Crippen LogP contribution in [0.3, 0.4) is 0 Å². The highest BCUT2D eigenvalue weighted by molar-refractivity contribution is 7.92. The molecule has 3 aromatic carbocycles. The van der Waals surface area contributed by atoms with Crippen molar-refractivity contribution in [3.8, 4) is 5.75 Å². The van der Waals surface area contributed by atoms with E-state index in [-0.39, 0.29) is 23.4 Å². The Morgan fingerprint density at radius 3 is 2.16 bits per heavy atom. The van der Waals surface area contributed by atoms with Crippen molar-refractivity contribution >= 4 is 27.5 Å². The molecule has 1 saturated carbocycles. The number of nitrogens with one attached hydrogen (secondary N) is 1. The molecule has 43 heavy (non-hydrogen) atoms. The molecule has 1 atom stereocenters. The summed E-state index contributed by atoms with van der Waals surface area (Å²) in [6, 6.07) is 21.9. The van der Waals surface area contributed by atoms with Crippen LogP contribution in [0.2, 0.25) is 0 Å². The van der Waals surface area contributed by atoms with Gasteiger partial charge in [0.25, 0.3) is 10.0 Å². The Labute approximate surface area is 256 Å². The first kappa shape index (κ1) is 32.1. The van der Waals surface area contributed by atoms with Gasteiger partial charge >= 0.3 is 0 Å². The lowest BCUT2D eigenvalue weighted by Gasteiger charge is -2.34. The highest BCUT2D eigenvalue weighted by Gasteiger charge is 2.34. The Hall–Kier alpha value is -3.85. The Kier molecular flexibility index (Phi) is 11.2. The topological polar surface area (TPSA) is 96.0 Å². The lowest BCUT2D eigenvalue weighted by Crippen LogP contribution is -2.54. The second kappa shape index (κ2) is 15.0. The fraction of sp³-hybridized carbons (Fsp3) is 0.412. The van der Waals surface area contributed by atoms with E-state index in [9.17, 15) is 18.0 Å². The molecule has 0 saturated heterocycles. The number of amides is 2. The van der Waals surface area contributed by atoms with Crippen LogP contribution in [0.4, 0.5) is 5.69 Å². The Bertz CT molecular complexity index is 1440. The van der Waals surface area contributed by atoms with E-state index in [1.165, 1.54) is 23.5 Å². The molecule has 1 aliphatic rings. The standard InChI is InChI=1S/C34H43N3O5S/c1-4-32(34(39)35-28-12-8-6-9-13-28)36(24-27-18-16-26(3)17-19-27)33(38)25-37(29-20-22-30(23-21-29)42-5-2)43(40,41)31-14-10-7-11-15-31/h7,10-11,14-23,28,32H,4-6,8-9,12-13,24-25H2,1-3H3,(H,35,39)/t32-/m0/s1. The molecule has 0 aromatic heterocycles. The molecule has 0 heterocycles. The van der Waals surface area contributed by atoms with Crippen LogP contribution in [0.1, 0.15) is 63.5 Å². The quantitative estimate of drug-likeness (QED) is 0.264. The first-order chi connectivity index (χ1) is 20.7. The summed E-state index contributed by atoms with van der Waals surface area (Å²) in [5.41, 5.74) is 2.27. The van der Waals surface area contributed by atoms with Crippen LogP contribution in [0.5, 0.6) is 5.75 Å². The molecule has 0 aliphatic heterocycles. The third-order valence-corrected chi connectivity index (χ3v) is 9.64. The van der Waals surface area contributed by atoms with Gasteiger partial charge in [-0.1, -0.05) is 74.2 Å². The van der Waals surface area contributed by atoms with E-state index >= 15 is 0 Å². The van der Waals surface area contributed by atoms with Gasteiger partial charge in [-0.05, 0) is 75.1 Å². The van der Waals surface area contributed by atoms with Gasteiger partial charge in [0, 0.05) is 12.6 Å². The summed E-state index contributed by atoms with van der Waals surface area (Å²) in [6.07, 6.45) is 5.55. The van der Waals surface area contributed by atoms with Gasteiger partial charge < -0.3 is 15.0 Å². The van der Waals surface area contributed by atoms with Gasteiger partial charge in [0.2, 0.25) is 11.8 Å². The average Bonchev–Trinajstić information content (AvgIpc) is 3.02. The first-order valence-electron chi connectivity index (χ1n) is 15.2. The van der Waals surface area contributed by atoms with Crippen molar-refractivity contribution in [3.05, 3.63) is 90.0 Å². The number of aryl methyl sites for hydroxylation is 1. The molecule has 0 spiro atoms. The normalized spacial score (nSPS) is 14.5. The number of ether oxygens (including phenoxy) is 1. The molecule has 1 N–H and O–H groups in total. The van der Waals surface area contributed by atoms with Crippen LogP contribution in [0.25, 0.3) is 0 Å². The van der Waals surface area contributed by atoms with Crippen LogP contribution in [0.15, 0.2) is 83.8 Å². The SMILES string of the molecule is CCOc1ccc(N(CC(=O)N(Cc2ccc(C)cc2)[C@@H](CC)C(=O)NC2CCCCC2)S(=O)(=O)c2ccccc2)cc1. The minimum absolute atomic E-state index is 0.0730. The highest BCUT2D eigenvalue weighted by Crippen LogP contribution is 2.27. The maximum absolute atomic E-state index is 14.3. The molecule has 230 valence electrons. The van der Waals surface area contributed by atoms with Crippen molar-refractivity contribution in [2.24, 2.45) is 0 Å². The number of carbonyl (C=O) groups is 2. The van der Waals surface area contributed by atoms with Crippen molar-refractivity contribution < 1.29 is 22.7 Å². The molecule has 0 unspecified atom stereocenters. The minimum Gasteiger partial charge on any atom is -0.494 e. The Morgan fingerprint density at radius 2 is 1.56 bits per heavy atom. The van der Waals surface area contributed by atoms with E-state index in [4.69, 9.17) is 4.74 Å². The summed E-state index contributed by atoms with van der Waals surface area (Å²) < 4.78 is 34.6. The molecule has 0 bridgehead atoms. The van der Waals surface area contributed by atoms with Gasteiger partial charge in [0.1, 0.15) is 18.3 Å². The van der Waals surface area contributed by atoms with E-state index in [2.05, 4.69) is 5.32 Å². The van der Waals surface area contributed by atoms with E-state index in [1.807, 2.05) is 45.0 Å². The monoisotopic (exact) mass is 605 g/mol. The summed E-state index contributed by atoms with van der Waals surface area (Å²) in [6.45, 7) is 5.92. The highest BCUT2D eigenvalue weighted by atomic mass is 32.2. The lowest BCUT2D eigenvalue weighted by atomic mass is 9.95. The molecule has 0 radical (unpaired) electrons. The zero-order chi connectivity index (χ0) is 30.8. The third-order valence-electron chi connectivity index (χ3n) is 7.86. The van der Waals surface area contributed by atoms with Crippen LogP contribution in [0, 0.1) is 6.92 Å². The Morgan fingerprint density at radius 1 is 0.907 bits per heavy atom. The van der Waals surface area contributed by atoms with E-state index in [1.54, 1.807) is 42.5 Å². The summed E-state index contributed by atoms with van der Waals surface area (Å²) in [5.74, 6) is -0.0610. The third kappa shape index (κ3) is 8.38. The molecule has 4 rings (SSSR count). The number of sulfonamides is 1. The number of nitrogens with zero attached hydrogens (tertiary/aromatic N) is 2. The van der Waals surface area contributed by atoms with Crippen LogP contribution in [-0.4, -0.2) is 50.4 Å². The van der Waals surface area contributed by atoms with Gasteiger partial charge in [-0.2, -0.15) is 0 Å². The summed E-state index contributed by atoms with van der Waals surface area (Å²) in [5, 5.41) is 3.18. The van der Waals surface area contributed by atoms with Crippen LogP contribution in [-0.2, 0) is 26.2 Å². The first-order valence-corrected chi connectivity index (χ1v) is 16.6. The molecular formula is C34H43N3O5S. The molecule has 9 heteroatoms. The number of benzene rings is 3. The average molecular weight is 606 g/mol. The number of hydrogen-bond acceptors (Lipinski definition) is 5. The Balaban J connectivity index is 1.69. The fourth-order valence-electron chi connectivity index (χ4n) is 5.48. The molecule has 1 aliphatic carbocycles. The number of carbonyl (C=O) groups excluding carboxylic acids is 2. The summed E-state index contributed by atoms with van der Waals surface area (Å²) in [4.78, 5) is 29.5. The van der Waals surface area contributed by atoms with Gasteiger partial charge in [0.15, 0.2) is 0 Å². The van der Waals surface area contributed by atoms with Gasteiger partial charge in [-0.15, -0.1) is 0 Å². The van der Waals surface area contributed by atoms with Gasteiger partial charge in [-0.3, -0.25) is 13.9 Å². The summed E-state index contributed by atoms with van der Waals surface area (Å²) >= 11 is 0. The maximum atomic E-state index is 14.3. The second-order valence-corrected chi connectivity index (χ2v) is 12.9. The minimum atomic E-state index is -4.12. The molecule has 2 amide bonds. The van der Waals surface area contributed by atoms with Gasteiger partial charge in [0.05, 0.1) is 17.2 Å². The van der Waals surface area contributed by atoms with Crippen molar-refractivity contribution in [3.63, 3.8) is 0 Å². The maximum Gasteiger partial charge on any atom is 0.264 e. The van der Waals surface area contributed by atoms with Crippen molar-refractivity contribution in [1.82, 2.24) is 10.2 Å². The zero-order valence-corrected chi connectivity index (χ0v) is 26.2. The van der Waals surface area contributed by atoms with Gasteiger partial charge in [-0.25, -0.2) is 8.42 Å². The van der Waals surface area contributed by atoms with E-state index in [0.29, 0.717) is 24.5 Å². The van der Waals surface area contributed by atoms with E-state index < -0.39 is 28.5 Å². The molecular weight excluding hydrogens is 562 g/mol. The molecule has 8 nitrogen and oxygen atoms in total. The van der Waals surface area contributed by atoms with Crippen molar-refractivity contribution in [2.75, 3.05) is 17.5 Å². The lowest BCUT2D eigenvalue weighted by molar-refractivity contribution is -0.140. The van der Waals surface area contributed by atoms with E-state index in [0.717, 1.165) is 41.1 Å². The fourth-order valence-corrected chi connectivity index (χ4v) is 6.91. The number of anilines is 1. The number of hydrogen-bond donors (Lipinski definition) is 1. The summed E-state index contributed by atoms with van der Waals surface area (Å²) in [7, 11) is -4.12. The predicted octanol–water partition coefficient (Wildman–Crippen LogP) is 5.85. The predicted molar refractivity (Wildman–Crippen MR) is 169 cm³/mol.